The van der Waals surface area contributed by atoms with Gasteiger partial charge in [-0.25, -0.2) is 4.39 Å². The molecule has 0 aromatic heterocycles. The number of aliphatic hydroxyl groups is 1. The van der Waals surface area contributed by atoms with Crippen LogP contribution in [-0.4, -0.2) is 11.7 Å². The van der Waals surface area contributed by atoms with E-state index < -0.39 is 11.4 Å². The Morgan fingerprint density at radius 2 is 1.59 bits per heavy atom. The average Bonchev–Trinajstić information content (AvgIpc) is 2.39. The molecule has 3 heteroatoms. The molecule has 2 aromatic carbocycles. The Morgan fingerprint density at radius 3 is 2.18 bits per heavy atom. The molecule has 1 atom stereocenters. The molecule has 0 aliphatic rings. The fourth-order valence-corrected chi connectivity index (χ4v) is 1.89. The zero-order valence-corrected chi connectivity index (χ0v) is 9.31. The molecule has 0 heterocycles. The minimum absolute atomic E-state index is 0.0715. The quantitative estimate of drug-likeness (QED) is 0.849. The SMILES string of the molecule is NCC(O)(c1ccccc1)c1ccccc1F. The van der Waals surface area contributed by atoms with Crippen molar-refractivity contribution in [3.05, 3.63) is 71.5 Å². The van der Waals surface area contributed by atoms with Gasteiger partial charge in [0.15, 0.2) is 0 Å². The van der Waals surface area contributed by atoms with Crippen LogP contribution in [-0.2, 0) is 5.60 Å². The zero-order chi connectivity index (χ0) is 12.3. The Balaban J connectivity index is 2.56. The van der Waals surface area contributed by atoms with E-state index in [1.165, 1.54) is 6.07 Å². The number of hydrogen-bond acceptors (Lipinski definition) is 2. The molecule has 0 saturated heterocycles. The van der Waals surface area contributed by atoms with Gasteiger partial charge in [-0.05, 0) is 11.6 Å². The molecule has 0 amide bonds. The minimum Gasteiger partial charge on any atom is -0.379 e. The van der Waals surface area contributed by atoms with Gasteiger partial charge < -0.3 is 10.8 Å². The van der Waals surface area contributed by atoms with Crippen molar-refractivity contribution in [1.29, 1.82) is 0 Å². The second kappa shape index (κ2) is 4.65. The first-order valence-corrected chi connectivity index (χ1v) is 5.41. The molecule has 0 saturated carbocycles. The lowest BCUT2D eigenvalue weighted by atomic mass is 9.86. The van der Waals surface area contributed by atoms with Gasteiger partial charge in [0, 0.05) is 12.1 Å². The summed E-state index contributed by atoms with van der Waals surface area (Å²) in [5.74, 6) is -0.454. The molecule has 2 rings (SSSR count). The molecular weight excluding hydrogens is 217 g/mol. The van der Waals surface area contributed by atoms with E-state index in [0.717, 1.165) is 0 Å². The van der Waals surface area contributed by atoms with Gasteiger partial charge >= 0.3 is 0 Å². The monoisotopic (exact) mass is 231 g/mol. The van der Waals surface area contributed by atoms with Gasteiger partial charge in [-0.15, -0.1) is 0 Å². The Hall–Kier alpha value is -1.71. The van der Waals surface area contributed by atoms with Gasteiger partial charge in [-0.3, -0.25) is 0 Å². The van der Waals surface area contributed by atoms with Crippen LogP contribution in [0, 0.1) is 5.82 Å². The first kappa shape index (κ1) is 11.8. The molecule has 0 radical (unpaired) electrons. The summed E-state index contributed by atoms with van der Waals surface area (Å²) in [5, 5.41) is 10.6. The van der Waals surface area contributed by atoms with Crippen LogP contribution in [0.2, 0.25) is 0 Å². The summed E-state index contributed by atoms with van der Waals surface area (Å²) in [4.78, 5) is 0. The van der Waals surface area contributed by atoms with Gasteiger partial charge in [0.1, 0.15) is 11.4 Å². The van der Waals surface area contributed by atoms with Gasteiger partial charge in [-0.2, -0.15) is 0 Å². The lowest BCUT2D eigenvalue weighted by molar-refractivity contribution is 0.0861. The fourth-order valence-electron chi connectivity index (χ4n) is 1.89. The van der Waals surface area contributed by atoms with Crippen molar-refractivity contribution in [2.75, 3.05) is 6.54 Å². The van der Waals surface area contributed by atoms with Gasteiger partial charge in [0.25, 0.3) is 0 Å². The van der Waals surface area contributed by atoms with Gasteiger partial charge in [0.05, 0.1) is 0 Å². The van der Waals surface area contributed by atoms with E-state index in [9.17, 15) is 9.50 Å². The van der Waals surface area contributed by atoms with E-state index in [4.69, 9.17) is 5.73 Å². The van der Waals surface area contributed by atoms with Crippen molar-refractivity contribution in [2.45, 2.75) is 5.60 Å². The molecule has 1 unspecified atom stereocenters. The van der Waals surface area contributed by atoms with Gasteiger partial charge in [-0.1, -0.05) is 48.5 Å². The molecule has 88 valence electrons. The fraction of sp³-hybridized carbons (Fsp3) is 0.143. The van der Waals surface area contributed by atoms with E-state index in [1.807, 2.05) is 6.07 Å². The summed E-state index contributed by atoms with van der Waals surface area (Å²) in [6.45, 7) is -0.0715. The molecule has 0 bridgehead atoms. The minimum atomic E-state index is -1.48. The second-order valence-electron chi connectivity index (χ2n) is 3.91. The number of hydrogen-bond donors (Lipinski definition) is 2. The topological polar surface area (TPSA) is 46.2 Å². The molecule has 2 nitrogen and oxygen atoms in total. The summed E-state index contributed by atoms with van der Waals surface area (Å²) in [6.07, 6.45) is 0. The van der Waals surface area contributed by atoms with Crippen LogP contribution >= 0.6 is 0 Å². The van der Waals surface area contributed by atoms with Crippen LogP contribution in [0.1, 0.15) is 11.1 Å². The largest absolute Gasteiger partial charge is 0.379 e. The Bertz CT molecular complexity index is 501. The third kappa shape index (κ3) is 2.07. The normalized spacial score (nSPS) is 14.3. The van der Waals surface area contributed by atoms with Crippen molar-refractivity contribution < 1.29 is 9.50 Å². The van der Waals surface area contributed by atoms with Crippen LogP contribution < -0.4 is 5.73 Å². The van der Waals surface area contributed by atoms with E-state index in [2.05, 4.69) is 0 Å². The molecule has 3 N–H and O–H groups in total. The van der Waals surface area contributed by atoms with Crippen LogP contribution in [0.4, 0.5) is 4.39 Å². The van der Waals surface area contributed by atoms with Crippen LogP contribution in [0.25, 0.3) is 0 Å². The van der Waals surface area contributed by atoms with Crippen molar-refractivity contribution in [2.24, 2.45) is 5.73 Å². The Labute approximate surface area is 99.5 Å². The highest BCUT2D eigenvalue weighted by atomic mass is 19.1. The molecule has 0 aliphatic heterocycles. The average molecular weight is 231 g/mol. The predicted molar refractivity (Wildman–Crippen MR) is 64.9 cm³/mol. The number of halogens is 1. The molecule has 0 fully saturated rings. The van der Waals surface area contributed by atoms with E-state index in [-0.39, 0.29) is 12.1 Å². The van der Waals surface area contributed by atoms with Gasteiger partial charge in [0.2, 0.25) is 0 Å². The number of nitrogens with two attached hydrogens (primary N) is 1. The van der Waals surface area contributed by atoms with Crippen molar-refractivity contribution in [1.82, 2.24) is 0 Å². The standard InChI is InChI=1S/C14H14FNO/c15-13-9-5-4-8-12(13)14(17,10-16)11-6-2-1-3-7-11/h1-9,17H,10,16H2. The lowest BCUT2D eigenvalue weighted by Gasteiger charge is -2.28. The lowest BCUT2D eigenvalue weighted by Crippen LogP contribution is -2.36. The Morgan fingerprint density at radius 1 is 1.00 bits per heavy atom. The first-order valence-electron chi connectivity index (χ1n) is 5.41. The highest BCUT2D eigenvalue weighted by Gasteiger charge is 2.32. The smallest absolute Gasteiger partial charge is 0.130 e. The summed E-state index contributed by atoms with van der Waals surface area (Å²) in [7, 11) is 0. The van der Waals surface area contributed by atoms with E-state index >= 15 is 0 Å². The van der Waals surface area contributed by atoms with Crippen LogP contribution in [0.5, 0.6) is 0 Å². The molecule has 17 heavy (non-hydrogen) atoms. The number of rotatable bonds is 3. The van der Waals surface area contributed by atoms with Crippen molar-refractivity contribution in [3.63, 3.8) is 0 Å². The van der Waals surface area contributed by atoms with Crippen molar-refractivity contribution in [3.8, 4) is 0 Å². The van der Waals surface area contributed by atoms with Crippen LogP contribution in [0.3, 0.4) is 0 Å². The predicted octanol–water partition coefficient (Wildman–Crippen LogP) is 2.02. The first-order chi connectivity index (χ1) is 8.18. The zero-order valence-electron chi connectivity index (χ0n) is 9.31. The highest BCUT2D eigenvalue weighted by molar-refractivity contribution is 5.37. The number of benzene rings is 2. The molecular formula is C14H14FNO. The third-order valence-electron chi connectivity index (χ3n) is 2.87. The molecule has 0 aliphatic carbocycles. The summed E-state index contributed by atoms with van der Waals surface area (Å²) in [5.41, 5.74) is 4.94. The third-order valence-corrected chi connectivity index (χ3v) is 2.87. The van der Waals surface area contributed by atoms with E-state index in [0.29, 0.717) is 5.56 Å². The Kier molecular flexibility index (Phi) is 3.22. The summed E-state index contributed by atoms with van der Waals surface area (Å²) < 4.78 is 13.7. The maximum atomic E-state index is 13.7. The van der Waals surface area contributed by atoms with Crippen molar-refractivity contribution >= 4 is 0 Å². The highest BCUT2D eigenvalue weighted by Crippen LogP contribution is 2.30. The molecule has 2 aromatic rings. The second-order valence-corrected chi connectivity index (χ2v) is 3.91. The molecule has 0 spiro atoms. The van der Waals surface area contributed by atoms with E-state index in [1.54, 1.807) is 42.5 Å². The maximum absolute atomic E-state index is 13.7. The maximum Gasteiger partial charge on any atom is 0.130 e. The summed E-state index contributed by atoms with van der Waals surface area (Å²) >= 11 is 0. The summed E-state index contributed by atoms with van der Waals surface area (Å²) in [6, 6.07) is 15.0. The van der Waals surface area contributed by atoms with Crippen LogP contribution in [0.15, 0.2) is 54.6 Å².